The van der Waals surface area contributed by atoms with Crippen LogP contribution in [-0.4, -0.2) is 74.4 Å². The summed E-state index contributed by atoms with van der Waals surface area (Å²) < 4.78 is 34.0. The van der Waals surface area contributed by atoms with Gasteiger partial charge < -0.3 is 14.5 Å². The number of likely N-dealkylation sites (tertiary alicyclic amines) is 1. The predicted molar refractivity (Wildman–Crippen MR) is 175 cm³/mol. The molecule has 0 radical (unpaired) electrons. The first-order chi connectivity index (χ1) is 20.3. The Morgan fingerprint density at radius 2 is 1.47 bits per heavy atom. The molecule has 0 bridgehead atoms. The zero-order valence-corrected chi connectivity index (χ0v) is 27.2. The van der Waals surface area contributed by atoms with Crippen molar-refractivity contribution >= 4 is 28.5 Å². The van der Waals surface area contributed by atoms with Crippen LogP contribution in [0.3, 0.4) is 0 Å². The quantitative estimate of drug-likeness (QED) is 0.214. The molecule has 234 valence electrons. The molecule has 9 heteroatoms. The van der Waals surface area contributed by atoms with Crippen molar-refractivity contribution in [2.75, 3.05) is 39.8 Å². The largest absolute Gasteiger partial charge is 0.445 e. The molecule has 43 heavy (non-hydrogen) atoms. The van der Waals surface area contributed by atoms with Crippen LogP contribution in [0.25, 0.3) is 0 Å². The minimum atomic E-state index is -3.61. The summed E-state index contributed by atoms with van der Waals surface area (Å²) in [6.45, 7) is 8.10. The molecule has 4 rings (SSSR count). The van der Waals surface area contributed by atoms with Crippen molar-refractivity contribution in [1.29, 1.82) is 0 Å². The number of amides is 1. The normalized spacial score (nSPS) is 15.8. The van der Waals surface area contributed by atoms with Crippen molar-refractivity contribution in [3.8, 4) is 0 Å². The molecule has 1 aliphatic heterocycles. The highest BCUT2D eigenvalue weighted by Gasteiger charge is 2.36. The maximum Gasteiger partial charge on any atom is 0.410 e. The molecule has 3 aromatic rings. The van der Waals surface area contributed by atoms with E-state index >= 15 is 0 Å². The number of benzene rings is 3. The lowest BCUT2D eigenvalue weighted by Crippen LogP contribution is -2.49. The molecular weight excluding hydrogens is 582 g/mol. The van der Waals surface area contributed by atoms with E-state index in [1.807, 2.05) is 66.4 Å². The molecule has 0 N–H and O–H groups in total. The topological polar surface area (TPSA) is 70.2 Å². The van der Waals surface area contributed by atoms with E-state index in [0.29, 0.717) is 18.0 Å². The second-order valence-electron chi connectivity index (χ2n) is 11.2. The van der Waals surface area contributed by atoms with Gasteiger partial charge in [-0.25, -0.2) is 17.5 Å². The summed E-state index contributed by atoms with van der Waals surface area (Å²) in [5, 5.41) is 0. The van der Waals surface area contributed by atoms with E-state index in [1.165, 1.54) is 4.31 Å². The maximum absolute atomic E-state index is 13.4. The van der Waals surface area contributed by atoms with E-state index in [1.54, 1.807) is 31.3 Å². The Morgan fingerprint density at radius 3 is 2.02 bits per heavy atom. The van der Waals surface area contributed by atoms with Crippen LogP contribution in [-0.2, 0) is 26.8 Å². The highest BCUT2D eigenvalue weighted by molar-refractivity contribution is 7.89. The van der Waals surface area contributed by atoms with Gasteiger partial charge in [-0.15, -0.1) is 12.4 Å². The van der Waals surface area contributed by atoms with Gasteiger partial charge in [0, 0.05) is 44.7 Å². The third-order valence-corrected chi connectivity index (χ3v) is 10.5. The fourth-order valence-electron chi connectivity index (χ4n) is 6.05. The standard InChI is InChI=1S/C34H45N3O4S.ClH/c1-4-34(30-17-11-7-12-18-30,28-35(3)42(39,40)32-19-13-8-14-20-32)23-26-36-24-21-31(22-25-36)37(5-2)33(38)41-27-29-15-9-6-10-16-29;/h6-20,31H,4-5,21-28H2,1-3H3;1H. The first-order valence-corrected chi connectivity index (χ1v) is 16.5. The summed E-state index contributed by atoms with van der Waals surface area (Å²) in [6, 6.07) is 28.9. The number of carbonyl (C=O) groups is 1. The van der Waals surface area contributed by atoms with E-state index in [-0.39, 0.29) is 36.6 Å². The number of rotatable bonds is 13. The monoisotopic (exact) mass is 627 g/mol. The van der Waals surface area contributed by atoms with E-state index in [0.717, 1.165) is 56.4 Å². The zero-order valence-electron chi connectivity index (χ0n) is 25.6. The van der Waals surface area contributed by atoms with E-state index in [4.69, 9.17) is 4.74 Å². The van der Waals surface area contributed by atoms with Gasteiger partial charge in [-0.1, -0.05) is 85.8 Å². The van der Waals surface area contributed by atoms with Gasteiger partial charge in [0.2, 0.25) is 10.0 Å². The molecule has 1 atom stereocenters. The molecule has 1 saturated heterocycles. The Balaban J connectivity index is 0.00000506. The Hall–Kier alpha value is -2.91. The van der Waals surface area contributed by atoms with Crippen LogP contribution in [0.1, 0.15) is 50.7 Å². The van der Waals surface area contributed by atoms with Gasteiger partial charge in [0.25, 0.3) is 0 Å². The molecule has 1 heterocycles. The van der Waals surface area contributed by atoms with Gasteiger partial charge in [0.15, 0.2) is 0 Å². The summed E-state index contributed by atoms with van der Waals surface area (Å²) >= 11 is 0. The van der Waals surface area contributed by atoms with Gasteiger partial charge in [-0.05, 0) is 62.4 Å². The van der Waals surface area contributed by atoms with Crippen LogP contribution >= 0.6 is 12.4 Å². The minimum absolute atomic E-state index is 0. The summed E-state index contributed by atoms with van der Waals surface area (Å²) in [4.78, 5) is 17.5. The number of nitrogens with zero attached hydrogens (tertiary/aromatic N) is 3. The van der Waals surface area contributed by atoms with Gasteiger partial charge in [0.05, 0.1) is 4.90 Å². The van der Waals surface area contributed by atoms with Gasteiger partial charge >= 0.3 is 6.09 Å². The predicted octanol–water partition coefficient (Wildman–Crippen LogP) is 6.59. The Morgan fingerprint density at radius 1 is 0.907 bits per heavy atom. The zero-order chi connectivity index (χ0) is 30.0. The number of ether oxygens (including phenoxy) is 1. The van der Waals surface area contributed by atoms with Crippen LogP contribution in [0.2, 0.25) is 0 Å². The molecule has 1 fully saturated rings. The number of hydrogen-bond acceptors (Lipinski definition) is 5. The van der Waals surface area contributed by atoms with Crippen molar-refractivity contribution in [3.63, 3.8) is 0 Å². The van der Waals surface area contributed by atoms with E-state index < -0.39 is 10.0 Å². The molecule has 1 amide bonds. The Labute approximate surface area is 264 Å². The number of sulfonamides is 1. The molecule has 1 aliphatic rings. The molecule has 0 spiro atoms. The first-order valence-electron chi connectivity index (χ1n) is 15.1. The van der Waals surface area contributed by atoms with Crippen LogP contribution in [0.5, 0.6) is 0 Å². The smallest absolute Gasteiger partial charge is 0.410 e. The Bertz CT molecular complexity index is 1350. The van der Waals surface area contributed by atoms with Crippen molar-refractivity contribution < 1.29 is 17.9 Å². The highest BCUT2D eigenvalue weighted by atomic mass is 35.5. The Kier molecular flexibility index (Phi) is 13.1. The highest BCUT2D eigenvalue weighted by Crippen LogP contribution is 2.35. The molecule has 0 aliphatic carbocycles. The van der Waals surface area contributed by atoms with Crippen molar-refractivity contribution in [2.24, 2.45) is 0 Å². The van der Waals surface area contributed by atoms with E-state index in [9.17, 15) is 13.2 Å². The van der Waals surface area contributed by atoms with Gasteiger partial charge in [0.1, 0.15) is 6.61 Å². The lowest BCUT2D eigenvalue weighted by Gasteiger charge is -2.41. The number of hydrogen-bond donors (Lipinski definition) is 0. The summed E-state index contributed by atoms with van der Waals surface area (Å²) in [5.41, 5.74) is 1.82. The number of halogens is 1. The second kappa shape index (κ2) is 16.2. The summed E-state index contributed by atoms with van der Waals surface area (Å²) in [5.74, 6) is 0. The van der Waals surface area contributed by atoms with Crippen molar-refractivity contribution in [3.05, 3.63) is 102 Å². The lowest BCUT2D eigenvalue weighted by atomic mass is 9.75. The van der Waals surface area contributed by atoms with Crippen LogP contribution < -0.4 is 0 Å². The third kappa shape index (κ3) is 8.82. The fraction of sp³-hybridized carbons (Fsp3) is 0.441. The van der Waals surface area contributed by atoms with E-state index in [2.05, 4.69) is 24.0 Å². The molecule has 7 nitrogen and oxygen atoms in total. The number of likely N-dealkylation sites (N-methyl/N-ethyl adjacent to an activating group) is 1. The number of piperidine rings is 1. The third-order valence-electron chi connectivity index (χ3n) is 8.72. The van der Waals surface area contributed by atoms with Crippen molar-refractivity contribution in [1.82, 2.24) is 14.1 Å². The average molecular weight is 628 g/mol. The van der Waals surface area contributed by atoms with Crippen molar-refractivity contribution in [2.45, 2.75) is 62.5 Å². The summed E-state index contributed by atoms with van der Waals surface area (Å²) in [7, 11) is -1.92. The molecule has 3 aromatic carbocycles. The molecule has 0 aromatic heterocycles. The SMILES string of the molecule is CCN(C(=O)OCc1ccccc1)C1CCN(CCC(CC)(CN(C)S(=O)(=O)c2ccccc2)c2ccccc2)CC1.Cl. The molecule has 0 saturated carbocycles. The maximum atomic E-state index is 13.4. The second-order valence-corrected chi connectivity index (χ2v) is 13.3. The summed E-state index contributed by atoms with van der Waals surface area (Å²) in [6.07, 6.45) is 3.18. The fourth-order valence-corrected chi connectivity index (χ4v) is 7.33. The minimum Gasteiger partial charge on any atom is -0.445 e. The average Bonchev–Trinajstić information content (AvgIpc) is 3.04. The number of carbonyl (C=O) groups excluding carboxylic acids is 1. The van der Waals surface area contributed by atoms with Crippen LogP contribution in [0, 0.1) is 0 Å². The molecule has 1 unspecified atom stereocenters. The molecular formula is C34H46ClN3O4S. The lowest BCUT2D eigenvalue weighted by molar-refractivity contribution is 0.0616. The van der Waals surface area contributed by atoms with Crippen LogP contribution in [0.15, 0.2) is 95.9 Å². The van der Waals surface area contributed by atoms with Gasteiger partial charge in [-0.2, -0.15) is 0 Å². The van der Waals surface area contributed by atoms with Crippen LogP contribution in [0.4, 0.5) is 4.79 Å². The van der Waals surface area contributed by atoms with Gasteiger partial charge in [-0.3, -0.25) is 0 Å². The first kappa shape index (κ1) is 34.6.